The van der Waals surface area contributed by atoms with Crippen molar-refractivity contribution in [1.29, 1.82) is 0 Å². The predicted octanol–water partition coefficient (Wildman–Crippen LogP) is 5.70. The van der Waals surface area contributed by atoms with Crippen molar-refractivity contribution in [2.75, 3.05) is 0 Å². The third-order valence-electron chi connectivity index (χ3n) is 8.44. The molecule has 0 saturated heterocycles. The second kappa shape index (κ2) is 9.30. The van der Waals surface area contributed by atoms with Crippen LogP contribution in [0.4, 0.5) is 0 Å². The highest BCUT2D eigenvalue weighted by atomic mass is 16.3. The van der Waals surface area contributed by atoms with Gasteiger partial charge in [-0.05, 0) is 93.1 Å². The molecule has 3 aliphatic rings. The van der Waals surface area contributed by atoms with Gasteiger partial charge in [0.1, 0.15) is 0 Å². The molecule has 3 rings (SSSR count). The van der Waals surface area contributed by atoms with Gasteiger partial charge < -0.3 is 15.3 Å². The third-order valence-corrected chi connectivity index (χ3v) is 8.44. The molecule has 3 fully saturated rings. The van der Waals surface area contributed by atoms with Crippen molar-refractivity contribution in [1.82, 2.24) is 0 Å². The molecule has 6 atom stereocenters. The van der Waals surface area contributed by atoms with Crippen LogP contribution in [0.25, 0.3) is 0 Å². The van der Waals surface area contributed by atoms with E-state index in [4.69, 9.17) is 0 Å². The Morgan fingerprint density at radius 2 is 1.97 bits per heavy atom. The number of hydrogen-bond donors (Lipinski definition) is 3. The van der Waals surface area contributed by atoms with E-state index in [1.807, 2.05) is 13.8 Å². The fourth-order valence-electron chi connectivity index (χ4n) is 6.74. The van der Waals surface area contributed by atoms with E-state index in [0.717, 1.165) is 29.9 Å². The van der Waals surface area contributed by atoms with Gasteiger partial charge in [0.2, 0.25) is 0 Å². The molecule has 0 amide bonds. The second-order valence-electron chi connectivity index (χ2n) is 11.3. The van der Waals surface area contributed by atoms with Gasteiger partial charge in [-0.25, -0.2) is 0 Å². The monoisotopic (exact) mass is 416 g/mol. The first-order chi connectivity index (χ1) is 14.0. The lowest BCUT2D eigenvalue weighted by atomic mass is 9.60. The summed E-state index contributed by atoms with van der Waals surface area (Å²) >= 11 is 0. The van der Waals surface area contributed by atoms with Crippen LogP contribution in [-0.4, -0.2) is 33.1 Å². The highest BCUT2D eigenvalue weighted by molar-refractivity contribution is 5.38. The maximum atomic E-state index is 10.1. The van der Waals surface area contributed by atoms with Crippen molar-refractivity contribution < 1.29 is 15.3 Å². The van der Waals surface area contributed by atoms with E-state index in [1.54, 1.807) is 5.57 Å². The van der Waals surface area contributed by atoms with Crippen molar-refractivity contribution in [2.24, 2.45) is 23.2 Å². The van der Waals surface area contributed by atoms with Gasteiger partial charge in [0, 0.05) is 6.42 Å². The van der Waals surface area contributed by atoms with Crippen molar-refractivity contribution in [3.05, 3.63) is 35.5 Å². The summed E-state index contributed by atoms with van der Waals surface area (Å²) < 4.78 is 0. The SMILES string of the molecule is C=C1/C(=C\C=C2/CCC[C@]3(C)[C@@H]([C@H](C)CCCC(C)(C)O)CC[C@@H]23)C[C@@H](O)C[C@H]1O. The molecule has 0 spiro atoms. The van der Waals surface area contributed by atoms with Gasteiger partial charge in [0.25, 0.3) is 0 Å². The van der Waals surface area contributed by atoms with E-state index < -0.39 is 17.8 Å². The molecule has 0 bridgehead atoms. The normalized spacial score (nSPS) is 38.8. The maximum Gasteiger partial charge on any atom is 0.0811 e. The summed E-state index contributed by atoms with van der Waals surface area (Å²) in [6.07, 6.45) is 13.9. The number of fused-ring (bicyclic) bond motifs is 1. The lowest BCUT2D eigenvalue weighted by Crippen LogP contribution is -2.36. The van der Waals surface area contributed by atoms with Gasteiger partial charge in [-0.2, -0.15) is 0 Å². The lowest BCUT2D eigenvalue weighted by molar-refractivity contribution is 0.0596. The van der Waals surface area contributed by atoms with E-state index in [1.165, 1.54) is 38.5 Å². The minimum absolute atomic E-state index is 0.374. The summed E-state index contributed by atoms with van der Waals surface area (Å²) in [6, 6.07) is 0. The smallest absolute Gasteiger partial charge is 0.0811 e. The number of allylic oxidation sites excluding steroid dienone is 3. The Bertz CT molecular complexity index is 683. The summed E-state index contributed by atoms with van der Waals surface area (Å²) in [5.41, 5.74) is 3.17. The predicted molar refractivity (Wildman–Crippen MR) is 124 cm³/mol. The molecule has 3 saturated carbocycles. The summed E-state index contributed by atoms with van der Waals surface area (Å²) in [4.78, 5) is 0. The number of aliphatic hydroxyl groups is 3. The van der Waals surface area contributed by atoms with Crippen LogP contribution in [0.15, 0.2) is 35.5 Å². The summed E-state index contributed by atoms with van der Waals surface area (Å²) in [7, 11) is 0. The summed E-state index contributed by atoms with van der Waals surface area (Å²) in [5, 5.41) is 30.2. The molecular weight excluding hydrogens is 372 g/mol. The summed E-state index contributed by atoms with van der Waals surface area (Å²) in [5.74, 6) is 2.11. The molecule has 3 nitrogen and oxygen atoms in total. The average molecular weight is 417 g/mol. The topological polar surface area (TPSA) is 60.7 Å². The number of hydrogen-bond acceptors (Lipinski definition) is 3. The Balaban J connectivity index is 1.70. The Labute approximate surface area is 184 Å². The number of rotatable bonds is 6. The first-order valence-electron chi connectivity index (χ1n) is 12.2. The minimum atomic E-state index is -0.615. The third kappa shape index (κ3) is 5.29. The van der Waals surface area contributed by atoms with Crippen molar-refractivity contribution in [2.45, 2.75) is 110 Å². The Morgan fingerprint density at radius 1 is 1.23 bits per heavy atom. The van der Waals surface area contributed by atoms with Crippen molar-refractivity contribution >= 4 is 0 Å². The largest absolute Gasteiger partial charge is 0.393 e. The van der Waals surface area contributed by atoms with E-state index in [-0.39, 0.29) is 0 Å². The zero-order valence-corrected chi connectivity index (χ0v) is 19.7. The molecule has 170 valence electrons. The quantitative estimate of drug-likeness (QED) is 0.520. The first-order valence-corrected chi connectivity index (χ1v) is 12.2. The van der Waals surface area contributed by atoms with Crippen LogP contribution < -0.4 is 0 Å². The summed E-state index contributed by atoms with van der Waals surface area (Å²) in [6.45, 7) is 12.8. The molecule has 0 heterocycles. The lowest BCUT2D eigenvalue weighted by Gasteiger charge is -2.44. The van der Waals surface area contributed by atoms with Crippen LogP contribution in [0.3, 0.4) is 0 Å². The highest BCUT2D eigenvalue weighted by Crippen LogP contribution is 2.60. The Morgan fingerprint density at radius 3 is 2.67 bits per heavy atom. The standard InChI is InChI=1S/C27H44O3/c1-18(8-6-14-26(3,4)30)23-12-13-24-20(9-7-15-27(23,24)5)10-11-21-16-22(28)17-25(29)19(21)2/h10-11,18,22-25,28-30H,2,6-9,12-17H2,1,3-5H3/b20-10+,21-11-/t18-,22-,23-,24+,25-,27-/m1/s1. The van der Waals surface area contributed by atoms with Crippen LogP contribution in [0.1, 0.15) is 91.9 Å². The molecule has 0 aliphatic heterocycles. The van der Waals surface area contributed by atoms with Crippen LogP contribution >= 0.6 is 0 Å². The maximum absolute atomic E-state index is 10.1. The van der Waals surface area contributed by atoms with Crippen molar-refractivity contribution in [3.8, 4) is 0 Å². The van der Waals surface area contributed by atoms with E-state index in [2.05, 4.69) is 32.6 Å². The van der Waals surface area contributed by atoms with Gasteiger partial charge in [0.05, 0.1) is 17.8 Å². The zero-order valence-electron chi connectivity index (χ0n) is 19.7. The molecule has 3 N–H and O–H groups in total. The molecule has 3 heteroatoms. The van der Waals surface area contributed by atoms with Crippen LogP contribution in [0.5, 0.6) is 0 Å². The van der Waals surface area contributed by atoms with Gasteiger partial charge in [-0.3, -0.25) is 0 Å². The van der Waals surface area contributed by atoms with E-state index in [9.17, 15) is 15.3 Å². The van der Waals surface area contributed by atoms with Gasteiger partial charge in [-0.1, -0.05) is 51.0 Å². The average Bonchev–Trinajstić information content (AvgIpc) is 3.00. The molecule has 30 heavy (non-hydrogen) atoms. The number of aliphatic hydroxyl groups excluding tert-OH is 2. The van der Waals surface area contributed by atoms with Gasteiger partial charge >= 0.3 is 0 Å². The second-order valence-corrected chi connectivity index (χ2v) is 11.3. The minimum Gasteiger partial charge on any atom is -0.393 e. The fraction of sp³-hybridized carbons (Fsp3) is 0.778. The molecular formula is C27H44O3. The van der Waals surface area contributed by atoms with Crippen LogP contribution in [-0.2, 0) is 0 Å². The van der Waals surface area contributed by atoms with E-state index in [0.29, 0.717) is 30.1 Å². The molecule has 0 unspecified atom stereocenters. The molecule has 3 aliphatic carbocycles. The fourth-order valence-corrected chi connectivity index (χ4v) is 6.74. The molecule has 0 aromatic carbocycles. The molecule has 0 aromatic heterocycles. The first kappa shape index (κ1) is 23.8. The Kier molecular flexibility index (Phi) is 7.37. The molecule has 0 aromatic rings. The molecule has 0 radical (unpaired) electrons. The van der Waals surface area contributed by atoms with Crippen LogP contribution in [0.2, 0.25) is 0 Å². The van der Waals surface area contributed by atoms with Crippen LogP contribution in [0, 0.1) is 23.2 Å². The van der Waals surface area contributed by atoms with Gasteiger partial charge in [0.15, 0.2) is 0 Å². The van der Waals surface area contributed by atoms with Gasteiger partial charge in [-0.15, -0.1) is 0 Å². The zero-order chi connectivity index (χ0) is 22.1. The highest BCUT2D eigenvalue weighted by Gasteiger charge is 2.50. The van der Waals surface area contributed by atoms with Crippen molar-refractivity contribution in [3.63, 3.8) is 0 Å². The Hall–Kier alpha value is -0.900. The van der Waals surface area contributed by atoms with E-state index >= 15 is 0 Å².